The highest BCUT2D eigenvalue weighted by Crippen LogP contribution is 2.26. The van der Waals surface area contributed by atoms with Crippen LogP contribution in [0.4, 0.5) is 5.69 Å². The number of hydrogen-bond acceptors (Lipinski definition) is 2. The van der Waals surface area contributed by atoms with Gasteiger partial charge in [0.25, 0.3) is 0 Å². The van der Waals surface area contributed by atoms with Gasteiger partial charge in [-0.3, -0.25) is 0 Å². The van der Waals surface area contributed by atoms with Crippen LogP contribution in [0.2, 0.25) is 5.02 Å². The molecule has 1 unspecified atom stereocenters. The maximum absolute atomic E-state index is 6.00. The zero-order valence-electron chi connectivity index (χ0n) is 10.8. The van der Waals surface area contributed by atoms with Crippen LogP contribution in [0.1, 0.15) is 25.7 Å². The molecule has 1 fully saturated rings. The molecule has 100 valence electrons. The van der Waals surface area contributed by atoms with Crippen molar-refractivity contribution in [3.63, 3.8) is 0 Å². The molecule has 0 aromatic heterocycles. The van der Waals surface area contributed by atoms with Gasteiger partial charge in [0.15, 0.2) is 0 Å². The Morgan fingerprint density at radius 3 is 3.06 bits per heavy atom. The number of likely N-dealkylation sites (tertiary alicyclic amines) is 1. The number of rotatable bonds is 4. The Labute approximate surface area is 123 Å². The molecule has 1 aliphatic rings. The lowest BCUT2D eigenvalue weighted by Crippen LogP contribution is -2.37. The molecule has 2 rings (SSSR count). The molecular formula is C14H20BrClN2. The SMILES string of the molecule is CN1CCCCC1CCNc1cc(Cl)ccc1Br. The molecule has 1 atom stereocenters. The van der Waals surface area contributed by atoms with E-state index in [0.717, 1.165) is 27.8 Å². The Kier molecular flexibility index (Phi) is 5.34. The van der Waals surface area contributed by atoms with Crippen LogP contribution in [-0.4, -0.2) is 31.1 Å². The lowest BCUT2D eigenvalue weighted by atomic mass is 10.0. The smallest absolute Gasteiger partial charge is 0.0499 e. The second kappa shape index (κ2) is 6.78. The molecule has 1 aliphatic heterocycles. The Balaban J connectivity index is 1.82. The maximum atomic E-state index is 6.00. The summed E-state index contributed by atoms with van der Waals surface area (Å²) in [6, 6.07) is 6.57. The summed E-state index contributed by atoms with van der Waals surface area (Å²) in [6.07, 6.45) is 5.24. The molecule has 1 heterocycles. The summed E-state index contributed by atoms with van der Waals surface area (Å²) in [7, 11) is 2.24. The molecule has 0 saturated carbocycles. The van der Waals surface area contributed by atoms with Gasteiger partial charge in [-0.25, -0.2) is 0 Å². The van der Waals surface area contributed by atoms with Gasteiger partial charge < -0.3 is 10.2 Å². The number of anilines is 1. The van der Waals surface area contributed by atoms with Crippen LogP contribution in [0.25, 0.3) is 0 Å². The average Bonchev–Trinajstić information content (AvgIpc) is 2.36. The topological polar surface area (TPSA) is 15.3 Å². The second-order valence-corrected chi connectivity index (χ2v) is 6.26. The van der Waals surface area contributed by atoms with Gasteiger partial charge in [-0.05, 0) is 67.0 Å². The Hall–Kier alpha value is -0.250. The molecule has 18 heavy (non-hydrogen) atoms. The maximum Gasteiger partial charge on any atom is 0.0499 e. The predicted molar refractivity (Wildman–Crippen MR) is 82.5 cm³/mol. The van der Waals surface area contributed by atoms with Gasteiger partial charge in [-0.1, -0.05) is 18.0 Å². The molecule has 1 saturated heterocycles. The highest BCUT2D eigenvalue weighted by atomic mass is 79.9. The molecule has 1 aromatic carbocycles. The van der Waals surface area contributed by atoms with E-state index in [4.69, 9.17) is 11.6 Å². The first-order chi connectivity index (χ1) is 8.66. The van der Waals surface area contributed by atoms with Gasteiger partial charge in [0.05, 0.1) is 0 Å². The predicted octanol–water partition coefficient (Wildman–Crippen LogP) is 4.39. The van der Waals surface area contributed by atoms with Crippen molar-refractivity contribution in [1.29, 1.82) is 0 Å². The third-order valence-electron chi connectivity index (χ3n) is 3.64. The van der Waals surface area contributed by atoms with E-state index < -0.39 is 0 Å². The number of benzene rings is 1. The molecule has 0 bridgehead atoms. The summed E-state index contributed by atoms with van der Waals surface area (Å²) in [5, 5.41) is 4.24. The van der Waals surface area contributed by atoms with Crippen LogP contribution < -0.4 is 5.32 Å². The largest absolute Gasteiger partial charge is 0.384 e. The van der Waals surface area contributed by atoms with E-state index in [0.29, 0.717) is 0 Å². The van der Waals surface area contributed by atoms with Crippen molar-refractivity contribution in [3.05, 3.63) is 27.7 Å². The lowest BCUT2D eigenvalue weighted by Gasteiger charge is -2.32. The molecule has 1 aromatic rings. The van der Waals surface area contributed by atoms with Crippen molar-refractivity contribution < 1.29 is 0 Å². The number of nitrogens with zero attached hydrogens (tertiary/aromatic N) is 1. The third kappa shape index (κ3) is 3.87. The Morgan fingerprint density at radius 2 is 2.28 bits per heavy atom. The molecule has 4 heteroatoms. The number of nitrogens with one attached hydrogen (secondary N) is 1. The summed E-state index contributed by atoms with van der Waals surface area (Å²) in [6.45, 7) is 2.24. The van der Waals surface area contributed by atoms with Crippen LogP contribution in [0, 0.1) is 0 Å². The van der Waals surface area contributed by atoms with E-state index in [9.17, 15) is 0 Å². The van der Waals surface area contributed by atoms with Crippen molar-refractivity contribution in [3.8, 4) is 0 Å². The van der Waals surface area contributed by atoms with Crippen molar-refractivity contribution in [2.75, 3.05) is 25.5 Å². The summed E-state index contributed by atoms with van der Waals surface area (Å²) >= 11 is 9.54. The first kappa shape index (κ1) is 14.2. The second-order valence-electron chi connectivity index (χ2n) is 4.97. The molecule has 2 nitrogen and oxygen atoms in total. The Morgan fingerprint density at radius 1 is 1.44 bits per heavy atom. The van der Waals surface area contributed by atoms with Gasteiger partial charge >= 0.3 is 0 Å². The van der Waals surface area contributed by atoms with E-state index >= 15 is 0 Å². The zero-order valence-corrected chi connectivity index (χ0v) is 13.1. The van der Waals surface area contributed by atoms with Gasteiger partial charge in [0.2, 0.25) is 0 Å². The average molecular weight is 332 g/mol. The van der Waals surface area contributed by atoms with Crippen LogP contribution in [0.3, 0.4) is 0 Å². The fourth-order valence-electron chi connectivity index (χ4n) is 2.52. The first-order valence-electron chi connectivity index (χ1n) is 6.56. The minimum atomic E-state index is 0.726. The van der Waals surface area contributed by atoms with Crippen LogP contribution in [0.15, 0.2) is 22.7 Å². The lowest BCUT2D eigenvalue weighted by molar-refractivity contribution is 0.179. The van der Waals surface area contributed by atoms with Crippen LogP contribution in [0.5, 0.6) is 0 Å². The van der Waals surface area contributed by atoms with Crippen molar-refractivity contribution >= 4 is 33.2 Å². The standard InChI is InChI=1S/C14H20BrClN2/c1-18-9-3-2-4-12(18)7-8-17-14-10-11(16)5-6-13(14)15/h5-6,10,12,17H,2-4,7-9H2,1H3. The van der Waals surface area contributed by atoms with Gasteiger partial charge in [0, 0.05) is 27.8 Å². The van der Waals surface area contributed by atoms with Crippen molar-refractivity contribution in [2.24, 2.45) is 0 Å². The first-order valence-corrected chi connectivity index (χ1v) is 7.73. The summed E-state index contributed by atoms with van der Waals surface area (Å²) in [5.74, 6) is 0. The van der Waals surface area contributed by atoms with Crippen molar-refractivity contribution in [1.82, 2.24) is 4.90 Å². The normalized spacial score (nSPS) is 20.9. The molecule has 0 radical (unpaired) electrons. The van der Waals surface area contributed by atoms with Crippen LogP contribution in [-0.2, 0) is 0 Å². The highest BCUT2D eigenvalue weighted by Gasteiger charge is 2.18. The zero-order chi connectivity index (χ0) is 13.0. The van der Waals surface area contributed by atoms with E-state index in [1.165, 1.54) is 32.2 Å². The molecule has 0 aliphatic carbocycles. The molecular weight excluding hydrogens is 312 g/mol. The molecule has 1 N–H and O–H groups in total. The van der Waals surface area contributed by atoms with Crippen LogP contribution >= 0.6 is 27.5 Å². The number of hydrogen-bond donors (Lipinski definition) is 1. The van der Waals surface area contributed by atoms with E-state index in [-0.39, 0.29) is 0 Å². The molecule has 0 spiro atoms. The van der Waals surface area contributed by atoms with Crippen molar-refractivity contribution in [2.45, 2.75) is 31.7 Å². The van der Waals surface area contributed by atoms with E-state index in [2.05, 4.69) is 33.2 Å². The quantitative estimate of drug-likeness (QED) is 0.880. The summed E-state index contributed by atoms with van der Waals surface area (Å²) < 4.78 is 1.07. The summed E-state index contributed by atoms with van der Waals surface area (Å²) in [4.78, 5) is 2.48. The van der Waals surface area contributed by atoms with Gasteiger partial charge in [-0.15, -0.1) is 0 Å². The van der Waals surface area contributed by atoms with Gasteiger partial charge in [0.1, 0.15) is 0 Å². The highest BCUT2D eigenvalue weighted by molar-refractivity contribution is 9.10. The minimum Gasteiger partial charge on any atom is -0.384 e. The van der Waals surface area contributed by atoms with Gasteiger partial charge in [-0.2, -0.15) is 0 Å². The Bertz CT molecular complexity index is 397. The monoisotopic (exact) mass is 330 g/mol. The third-order valence-corrected chi connectivity index (χ3v) is 4.57. The molecule has 0 amide bonds. The van der Waals surface area contributed by atoms with E-state index in [1.807, 2.05) is 18.2 Å². The fraction of sp³-hybridized carbons (Fsp3) is 0.571. The number of halogens is 2. The summed E-state index contributed by atoms with van der Waals surface area (Å²) in [5.41, 5.74) is 1.08. The minimum absolute atomic E-state index is 0.726. The number of piperidine rings is 1. The fourth-order valence-corrected chi connectivity index (χ4v) is 3.07. The van der Waals surface area contributed by atoms with E-state index in [1.54, 1.807) is 0 Å².